The van der Waals surface area contributed by atoms with E-state index in [-0.39, 0.29) is 17.8 Å². The molecule has 2 unspecified atom stereocenters. The van der Waals surface area contributed by atoms with Gasteiger partial charge < -0.3 is 14.3 Å². The van der Waals surface area contributed by atoms with Gasteiger partial charge in [0.25, 0.3) is 0 Å². The lowest BCUT2D eigenvalue weighted by atomic mass is 9.42. The largest absolute Gasteiger partial charge is 0.400 e. The molecule has 4 heterocycles. The zero-order valence-electron chi connectivity index (χ0n) is 27.4. The number of rotatable bonds is 3. The Hall–Kier alpha value is -5.22. The van der Waals surface area contributed by atoms with E-state index >= 15 is 0 Å². The molecule has 6 aromatic carbocycles. The van der Waals surface area contributed by atoms with Crippen molar-refractivity contribution in [3.8, 4) is 16.8 Å². The second-order valence-electron chi connectivity index (χ2n) is 14.8. The fraction of sp³-hybridized carbons (Fsp3) is 0.182. The van der Waals surface area contributed by atoms with Gasteiger partial charge in [0, 0.05) is 55.7 Å². The van der Waals surface area contributed by atoms with Crippen LogP contribution in [0.1, 0.15) is 45.1 Å². The molecule has 230 valence electrons. The summed E-state index contributed by atoms with van der Waals surface area (Å²) in [5, 5.41) is 2.67. The third-order valence-electron chi connectivity index (χ3n) is 12.7. The summed E-state index contributed by atoms with van der Waals surface area (Å²) in [6.07, 6.45) is 5.03. The fourth-order valence-corrected chi connectivity index (χ4v) is 10.4. The van der Waals surface area contributed by atoms with Crippen LogP contribution in [0, 0.1) is 0 Å². The van der Waals surface area contributed by atoms with Crippen LogP contribution in [0.4, 0.5) is 22.7 Å². The second-order valence-corrected chi connectivity index (χ2v) is 14.8. The molecule has 0 saturated heterocycles. The first-order valence-electron chi connectivity index (χ1n) is 17.6. The van der Waals surface area contributed by atoms with Crippen molar-refractivity contribution in [2.45, 2.75) is 50.5 Å². The molecule has 0 N–H and O–H groups in total. The highest BCUT2D eigenvalue weighted by atomic mass is 15.2. The summed E-state index contributed by atoms with van der Waals surface area (Å²) in [5.74, 6) is 0. The third-order valence-corrected chi connectivity index (χ3v) is 12.7. The van der Waals surface area contributed by atoms with Crippen LogP contribution in [0.5, 0.6) is 0 Å². The Kier molecular flexibility index (Phi) is 5.15. The molecule has 3 nitrogen and oxygen atoms in total. The molecule has 7 aromatic rings. The third kappa shape index (κ3) is 3.12. The van der Waals surface area contributed by atoms with Crippen LogP contribution in [0.25, 0.3) is 38.6 Å². The zero-order valence-corrected chi connectivity index (χ0v) is 27.4. The summed E-state index contributed by atoms with van der Waals surface area (Å²) in [4.78, 5) is 5.36. The summed E-state index contributed by atoms with van der Waals surface area (Å²) < 4.78 is 2.60. The van der Waals surface area contributed by atoms with E-state index in [9.17, 15) is 0 Å². The van der Waals surface area contributed by atoms with Crippen LogP contribution >= 0.6 is 0 Å². The van der Waals surface area contributed by atoms with E-state index in [4.69, 9.17) is 0 Å². The van der Waals surface area contributed by atoms with E-state index in [2.05, 4.69) is 162 Å². The summed E-state index contributed by atoms with van der Waals surface area (Å²) in [5.41, 5.74) is 16.2. The molecule has 2 atom stereocenters. The van der Waals surface area contributed by atoms with Gasteiger partial charge in [-0.1, -0.05) is 111 Å². The number of para-hydroxylation sites is 5. The van der Waals surface area contributed by atoms with Gasteiger partial charge in [0.1, 0.15) is 0 Å². The minimum atomic E-state index is 0.0262. The highest BCUT2D eigenvalue weighted by molar-refractivity contribution is 6.93. The van der Waals surface area contributed by atoms with Crippen LogP contribution in [-0.4, -0.2) is 17.0 Å². The average molecular weight is 618 g/mol. The Morgan fingerprint density at radius 3 is 2.10 bits per heavy atom. The highest BCUT2D eigenvalue weighted by Gasteiger charge is 2.62. The average Bonchev–Trinajstić information content (AvgIpc) is 3.58. The second kappa shape index (κ2) is 9.23. The minimum absolute atomic E-state index is 0.0262. The molecule has 4 aliphatic rings. The van der Waals surface area contributed by atoms with Crippen molar-refractivity contribution in [1.82, 2.24) is 4.57 Å². The van der Waals surface area contributed by atoms with E-state index in [1.807, 2.05) is 0 Å². The van der Waals surface area contributed by atoms with E-state index in [0.717, 1.165) is 11.4 Å². The van der Waals surface area contributed by atoms with Crippen LogP contribution in [0.2, 0.25) is 0 Å². The molecule has 0 amide bonds. The number of aromatic nitrogens is 1. The Morgan fingerprint density at radius 1 is 0.625 bits per heavy atom. The Morgan fingerprint density at radius 2 is 1.31 bits per heavy atom. The first-order chi connectivity index (χ1) is 23.6. The van der Waals surface area contributed by atoms with Crippen LogP contribution in [0.3, 0.4) is 0 Å². The molecule has 0 spiro atoms. The van der Waals surface area contributed by atoms with Gasteiger partial charge in [0.05, 0.1) is 11.0 Å². The fourth-order valence-electron chi connectivity index (χ4n) is 10.4. The van der Waals surface area contributed by atoms with E-state index in [0.29, 0.717) is 0 Å². The van der Waals surface area contributed by atoms with Gasteiger partial charge in [-0.2, -0.15) is 0 Å². The van der Waals surface area contributed by atoms with Crippen molar-refractivity contribution in [1.29, 1.82) is 0 Å². The number of benzene rings is 6. The maximum atomic E-state index is 2.92. The minimum Gasteiger partial charge on any atom is -0.400 e. The van der Waals surface area contributed by atoms with E-state index < -0.39 is 0 Å². The van der Waals surface area contributed by atoms with Gasteiger partial charge >= 0.3 is 6.85 Å². The van der Waals surface area contributed by atoms with Crippen LogP contribution in [0.15, 0.2) is 133 Å². The lowest BCUT2D eigenvalue weighted by Crippen LogP contribution is -2.70. The molecule has 11 rings (SSSR count). The van der Waals surface area contributed by atoms with Crippen molar-refractivity contribution >= 4 is 62.3 Å². The smallest absolute Gasteiger partial charge is 0.328 e. The summed E-state index contributed by atoms with van der Waals surface area (Å²) >= 11 is 0. The monoisotopic (exact) mass is 617 g/mol. The molecule has 1 fully saturated rings. The Labute approximate surface area is 282 Å². The Balaban J connectivity index is 1.31. The molecule has 3 aliphatic heterocycles. The number of fused-ring (bicyclic) bond motifs is 10. The topological polar surface area (TPSA) is 11.4 Å². The van der Waals surface area contributed by atoms with Crippen molar-refractivity contribution < 1.29 is 0 Å². The maximum absolute atomic E-state index is 2.92. The summed E-state index contributed by atoms with van der Waals surface area (Å²) in [6, 6.07) is 50.0. The molecule has 4 heteroatoms. The Bertz CT molecular complexity index is 2430. The molecular formula is C44H36BN3. The molecule has 0 bridgehead atoms. The first kappa shape index (κ1) is 26.8. The molecule has 48 heavy (non-hydrogen) atoms. The SMILES string of the molecule is CC12CCCCC1(C)N1B3c4c(cc(N(c5ccccc5)c5ccccc5)cc4-n4c5ccccc5c5cccc3c54)-c3cccc2c31. The molecular weight excluding hydrogens is 581 g/mol. The van der Waals surface area contributed by atoms with Crippen LogP contribution in [-0.2, 0) is 5.41 Å². The quantitative estimate of drug-likeness (QED) is 0.183. The van der Waals surface area contributed by atoms with E-state index in [1.54, 1.807) is 5.56 Å². The zero-order chi connectivity index (χ0) is 31.8. The number of anilines is 4. The van der Waals surface area contributed by atoms with Gasteiger partial charge in [-0.25, -0.2) is 0 Å². The molecule has 1 aliphatic carbocycles. The first-order valence-corrected chi connectivity index (χ1v) is 17.6. The predicted octanol–water partition coefficient (Wildman–Crippen LogP) is 9.76. The number of nitrogens with zero attached hydrogens (tertiary/aromatic N) is 3. The van der Waals surface area contributed by atoms with Gasteiger partial charge in [-0.3, -0.25) is 0 Å². The summed E-state index contributed by atoms with van der Waals surface area (Å²) in [7, 11) is 0. The van der Waals surface area contributed by atoms with Gasteiger partial charge in [-0.05, 0) is 84.3 Å². The highest BCUT2D eigenvalue weighted by Crippen LogP contribution is 2.62. The van der Waals surface area contributed by atoms with E-state index in [1.165, 1.54) is 86.6 Å². The molecule has 0 radical (unpaired) electrons. The maximum Gasteiger partial charge on any atom is 0.328 e. The lowest BCUT2D eigenvalue weighted by molar-refractivity contribution is 0.199. The van der Waals surface area contributed by atoms with Crippen molar-refractivity contribution in [2.75, 3.05) is 9.71 Å². The van der Waals surface area contributed by atoms with Gasteiger partial charge in [-0.15, -0.1) is 0 Å². The predicted molar refractivity (Wildman–Crippen MR) is 203 cm³/mol. The molecule has 1 aromatic heterocycles. The lowest BCUT2D eigenvalue weighted by Gasteiger charge is -2.54. The molecule has 1 saturated carbocycles. The normalized spacial score (nSPS) is 21.3. The number of hydrogen-bond donors (Lipinski definition) is 0. The van der Waals surface area contributed by atoms with Crippen molar-refractivity contribution in [3.63, 3.8) is 0 Å². The number of hydrogen-bond acceptors (Lipinski definition) is 2. The van der Waals surface area contributed by atoms with Gasteiger partial charge in [0.15, 0.2) is 0 Å². The van der Waals surface area contributed by atoms with Gasteiger partial charge in [0.2, 0.25) is 0 Å². The van der Waals surface area contributed by atoms with Crippen molar-refractivity contribution in [2.24, 2.45) is 0 Å². The summed E-state index contributed by atoms with van der Waals surface area (Å²) in [6.45, 7) is 5.31. The van der Waals surface area contributed by atoms with Crippen molar-refractivity contribution in [3.05, 3.63) is 139 Å². The standard InChI is InChI=1S/C44H36BN3/c1-43-25-11-12-26-44(43,2)48-41-34(20-13-22-36(41)43)35-27-31(46(29-15-5-3-6-16-29)30-17-7-4-8-18-30)28-39-40(35)45(48)37-23-14-21-33-32-19-9-10-24-38(32)47(39)42(33)37/h3-10,13-24,27-28H,11-12,25-26H2,1-2H3. The van der Waals surface area contributed by atoms with Crippen LogP contribution < -0.4 is 20.6 Å².